The lowest BCUT2D eigenvalue weighted by atomic mass is 9.90. The van der Waals surface area contributed by atoms with Crippen molar-refractivity contribution in [1.29, 1.82) is 0 Å². The molecule has 0 radical (unpaired) electrons. The first-order valence-corrected chi connectivity index (χ1v) is 4.90. The van der Waals surface area contributed by atoms with E-state index < -0.39 is 11.4 Å². The minimum Gasteiger partial charge on any atom is -0.398 e. The minimum atomic E-state index is -1.03. The number of rotatable bonds is 1. The number of halogens is 1. The molecule has 0 bridgehead atoms. The van der Waals surface area contributed by atoms with Crippen LogP contribution in [0.25, 0.3) is 0 Å². The summed E-state index contributed by atoms with van der Waals surface area (Å²) >= 11 is 0. The van der Waals surface area contributed by atoms with Gasteiger partial charge in [0.1, 0.15) is 5.82 Å². The highest BCUT2D eigenvalue weighted by atomic mass is 19.1. The van der Waals surface area contributed by atoms with E-state index in [0.29, 0.717) is 18.5 Å². The summed E-state index contributed by atoms with van der Waals surface area (Å²) in [6.07, 6.45) is 3.09. The van der Waals surface area contributed by atoms with Crippen molar-refractivity contribution in [2.24, 2.45) is 0 Å². The Kier molecular flexibility index (Phi) is 2.19. The Bertz CT molecular complexity index is 325. The average Bonchev–Trinajstić information content (AvgIpc) is 2.52. The summed E-state index contributed by atoms with van der Waals surface area (Å²) in [5.74, 6) is -0.394. The third-order valence-electron chi connectivity index (χ3n) is 2.94. The largest absolute Gasteiger partial charge is 0.398 e. The molecule has 0 spiro atoms. The van der Waals surface area contributed by atoms with Crippen LogP contribution in [0.3, 0.4) is 0 Å². The molecule has 3 heteroatoms. The van der Waals surface area contributed by atoms with Gasteiger partial charge >= 0.3 is 0 Å². The molecule has 2 rings (SSSR count). The molecule has 2 nitrogen and oxygen atoms in total. The van der Waals surface area contributed by atoms with Crippen LogP contribution in [0.1, 0.15) is 31.2 Å². The predicted molar refractivity (Wildman–Crippen MR) is 53.2 cm³/mol. The topological polar surface area (TPSA) is 46.2 Å². The van der Waals surface area contributed by atoms with Crippen LogP contribution in [-0.2, 0) is 5.60 Å². The minimum absolute atomic E-state index is 0.289. The molecule has 1 aliphatic rings. The Hall–Kier alpha value is -1.09. The quantitative estimate of drug-likeness (QED) is 0.674. The SMILES string of the molecule is Nc1cccc(F)c1C1(O)CCCC1. The lowest BCUT2D eigenvalue weighted by Gasteiger charge is -2.24. The highest BCUT2D eigenvalue weighted by molar-refractivity contribution is 5.50. The van der Waals surface area contributed by atoms with Gasteiger partial charge in [0, 0.05) is 11.3 Å². The maximum absolute atomic E-state index is 13.5. The zero-order valence-corrected chi connectivity index (χ0v) is 7.96. The molecule has 1 saturated carbocycles. The fourth-order valence-corrected chi connectivity index (χ4v) is 2.24. The molecule has 0 atom stereocenters. The Labute approximate surface area is 82.5 Å². The molecule has 0 aliphatic heterocycles. The van der Waals surface area contributed by atoms with Gasteiger partial charge in [-0.05, 0) is 25.0 Å². The predicted octanol–water partition coefficient (Wildman–Crippen LogP) is 2.17. The molecule has 3 N–H and O–H groups in total. The molecule has 1 aromatic rings. The molecule has 0 heterocycles. The highest BCUT2D eigenvalue weighted by Gasteiger charge is 2.36. The van der Waals surface area contributed by atoms with Crippen molar-refractivity contribution in [3.05, 3.63) is 29.6 Å². The van der Waals surface area contributed by atoms with Gasteiger partial charge in [-0.15, -0.1) is 0 Å². The normalized spacial score (nSPS) is 19.9. The second-order valence-corrected chi connectivity index (χ2v) is 3.94. The summed E-state index contributed by atoms with van der Waals surface area (Å²) in [5.41, 5.74) is 5.30. The van der Waals surface area contributed by atoms with Gasteiger partial charge in [0.25, 0.3) is 0 Å². The van der Waals surface area contributed by atoms with Crippen LogP contribution in [-0.4, -0.2) is 5.11 Å². The first kappa shape index (κ1) is 9.46. The van der Waals surface area contributed by atoms with Gasteiger partial charge in [-0.1, -0.05) is 18.9 Å². The molecule has 0 aromatic heterocycles. The molecular weight excluding hydrogens is 181 g/mol. The molecule has 14 heavy (non-hydrogen) atoms. The first-order valence-electron chi connectivity index (χ1n) is 4.90. The Balaban J connectivity index is 2.49. The molecule has 0 unspecified atom stereocenters. The van der Waals surface area contributed by atoms with Gasteiger partial charge in [0.05, 0.1) is 5.60 Å². The third-order valence-corrected chi connectivity index (χ3v) is 2.94. The molecule has 1 fully saturated rings. The van der Waals surface area contributed by atoms with E-state index in [4.69, 9.17) is 5.73 Å². The summed E-state index contributed by atoms with van der Waals surface area (Å²) in [6.45, 7) is 0. The molecule has 1 aliphatic carbocycles. The van der Waals surface area contributed by atoms with Gasteiger partial charge < -0.3 is 10.8 Å². The van der Waals surface area contributed by atoms with Crippen LogP contribution >= 0.6 is 0 Å². The number of anilines is 1. The monoisotopic (exact) mass is 195 g/mol. The molecule has 0 amide bonds. The van der Waals surface area contributed by atoms with Crippen LogP contribution in [0.2, 0.25) is 0 Å². The highest BCUT2D eigenvalue weighted by Crippen LogP contribution is 2.41. The second-order valence-electron chi connectivity index (χ2n) is 3.94. The number of nitrogens with two attached hydrogens (primary N) is 1. The van der Waals surface area contributed by atoms with Gasteiger partial charge in [0.2, 0.25) is 0 Å². The average molecular weight is 195 g/mol. The Morgan fingerprint density at radius 2 is 1.93 bits per heavy atom. The van der Waals surface area contributed by atoms with E-state index in [1.165, 1.54) is 6.07 Å². The van der Waals surface area contributed by atoms with Gasteiger partial charge in [-0.2, -0.15) is 0 Å². The van der Waals surface area contributed by atoms with Crippen LogP contribution < -0.4 is 5.73 Å². The van der Waals surface area contributed by atoms with Crippen LogP contribution in [0.5, 0.6) is 0 Å². The smallest absolute Gasteiger partial charge is 0.131 e. The summed E-state index contributed by atoms with van der Waals surface area (Å²) in [7, 11) is 0. The van der Waals surface area contributed by atoms with E-state index in [2.05, 4.69) is 0 Å². The molecule has 1 aromatic carbocycles. The first-order chi connectivity index (χ1) is 6.63. The van der Waals surface area contributed by atoms with Gasteiger partial charge in [-0.25, -0.2) is 4.39 Å². The second kappa shape index (κ2) is 3.24. The van der Waals surface area contributed by atoms with Crippen molar-refractivity contribution < 1.29 is 9.50 Å². The van der Waals surface area contributed by atoms with E-state index in [-0.39, 0.29) is 5.56 Å². The lowest BCUT2D eigenvalue weighted by Crippen LogP contribution is -2.24. The van der Waals surface area contributed by atoms with E-state index >= 15 is 0 Å². The van der Waals surface area contributed by atoms with Crippen LogP contribution in [0.15, 0.2) is 18.2 Å². The standard InChI is InChI=1S/C11H14FNO/c12-8-4-3-5-9(13)10(8)11(14)6-1-2-7-11/h3-5,14H,1-2,6-7,13H2. The zero-order chi connectivity index (χ0) is 10.2. The third kappa shape index (κ3) is 1.38. The fraction of sp³-hybridized carbons (Fsp3) is 0.455. The Morgan fingerprint density at radius 3 is 2.50 bits per heavy atom. The fourth-order valence-electron chi connectivity index (χ4n) is 2.24. The van der Waals surface area contributed by atoms with Crippen molar-refractivity contribution in [1.82, 2.24) is 0 Å². The number of hydrogen-bond acceptors (Lipinski definition) is 2. The van der Waals surface area contributed by atoms with Crippen LogP contribution in [0.4, 0.5) is 10.1 Å². The molecule has 76 valence electrons. The van der Waals surface area contributed by atoms with Gasteiger partial charge in [0.15, 0.2) is 0 Å². The van der Waals surface area contributed by atoms with Crippen molar-refractivity contribution in [3.63, 3.8) is 0 Å². The number of benzene rings is 1. The van der Waals surface area contributed by atoms with Crippen molar-refractivity contribution in [3.8, 4) is 0 Å². The number of aliphatic hydroxyl groups is 1. The molecular formula is C11H14FNO. The maximum atomic E-state index is 13.5. The Morgan fingerprint density at radius 1 is 1.29 bits per heavy atom. The number of hydrogen-bond donors (Lipinski definition) is 2. The number of nitrogen functional groups attached to an aromatic ring is 1. The van der Waals surface area contributed by atoms with Crippen molar-refractivity contribution in [2.45, 2.75) is 31.3 Å². The summed E-state index contributed by atoms with van der Waals surface area (Å²) in [6, 6.07) is 4.54. The van der Waals surface area contributed by atoms with Crippen molar-refractivity contribution >= 4 is 5.69 Å². The van der Waals surface area contributed by atoms with E-state index in [9.17, 15) is 9.50 Å². The van der Waals surface area contributed by atoms with Crippen molar-refractivity contribution in [2.75, 3.05) is 5.73 Å². The summed E-state index contributed by atoms with van der Waals surface area (Å²) in [4.78, 5) is 0. The van der Waals surface area contributed by atoms with Crippen LogP contribution in [0, 0.1) is 5.82 Å². The summed E-state index contributed by atoms with van der Waals surface area (Å²) in [5, 5.41) is 10.2. The van der Waals surface area contributed by atoms with E-state index in [1.54, 1.807) is 12.1 Å². The maximum Gasteiger partial charge on any atom is 0.131 e. The van der Waals surface area contributed by atoms with E-state index in [0.717, 1.165) is 12.8 Å². The zero-order valence-electron chi connectivity index (χ0n) is 7.96. The summed E-state index contributed by atoms with van der Waals surface area (Å²) < 4.78 is 13.5. The van der Waals surface area contributed by atoms with Gasteiger partial charge in [-0.3, -0.25) is 0 Å². The lowest BCUT2D eigenvalue weighted by molar-refractivity contribution is 0.0416. The molecule has 0 saturated heterocycles. The van der Waals surface area contributed by atoms with E-state index in [1.807, 2.05) is 0 Å².